The Labute approximate surface area is 204 Å². The minimum absolute atomic E-state index is 0.0232. The number of halogens is 1. The summed E-state index contributed by atoms with van der Waals surface area (Å²) in [5.41, 5.74) is 3.37. The van der Waals surface area contributed by atoms with Gasteiger partial charge < -0.3 is 14.0 Å². The largest absolute Gasteiger partial charge is 0.493 e. The van der Waals surface area contributed by atoms with Gasteiger partial charge >= 0.3 is 0 Å². The molecule has 0 spiro atoms. The lowest BCUT2D eigenvalue weighted by Gasteiger charge is -2.10. The zero-order chi connectivity index (χ0) is 24.7. The van der Waals surface area contributed by atoms with Gasteiger partial charge in [-0.2, -0.15) is 5.10 Å². The Morgan fingerprint density at radius 2 is 2.00 bits per heavy atom. The van der Waals surface area contributed by atoms with Crippen LogP contribution in [0, 0.1) is 10.1 Å². The highest BCUT2D eigenvalue weighted by atomic mass is 35.5. The van der Waals surface area contributed by atoms with Gasteiger partial charge in [-0.25, -0.2) is 5.43 Å². The van der Waals surface area contributed by atoms with Crippen LogP contribution in [0.5, 0.6) is 11.5 Å². The maximum atomic E-state index is 12.2. The summed E-state index contributed by atoms with van der Waals surface area (Å²) in [5, 5.41) is 23.9. The number of hydrogen-bond acceptors (Lipinski definition) is 9. The smallest absolute Gasteiger partial charge is 0.288 e. The van der Waals surface area contributed by atoms with Crippen LogP contribution < -0.4 is 14.9 Å². The summed E-state index contributed by atoms with van der Waals surface area (Å²) in [6, 6.07) is 9.68. The average Bonchev–Trinajstić information content (AvgIpc) is 3.26. The molecule has 0 unspecified atom stereocenters. The number of nitro groups is 1. The number of carbonyl (C=O) groups excluding carboxylic acids is 1. The van der Waals surface area contributed by atoms with E-state index in [9.17, 15) is 14.9 Å². The highest BCUT2D eigenvalue weighted by molar-refractivity contribution is 7.99. The second-order valence-electron chi connectivity index (χ2n) is 6.67. The number of aromatic nitrogens is 3. The van der Waals surface area contributed by atoms with Crippen molar-refractivity contribution in [2.45, 2.75) is 18.6 Å². The number of nitrogens with zero attached hydrogens (tertiary/aromatic N) is 5. The molecule has 0 radical (unpaired) electrons. The first-order valence-corrected chi connectivity index (χ1v) is 11.3. The second kappa shape index (κ2) is 11.5. The number of thioether (sulfide) groups is 1. The molecule has 34 heavy (non-hydrogen) atoms. The van der Waals surface area contributed by atoms with Crippen LogP contribution >= 0.6 is 23.4 Å². The summed E-state index contributed by atoms with van der Waals surface area (Å²) in [6.45, 7) is 2.54. The summed E-state index contributed by atoms with van der Waals surface area (Å²) in [5.74, 6) is 1.48. The minimum atomic E-state index is -0.588. The number of carbonyl (C=O) groups is 1. The zero-order valence-electron chi connectivity index (χ0n) is 18.5. The highest BCUT2D eigenvalue weighted by Gasteiger charge is 2.16. The van der Waals surface area contributed by atoms with E-state index in [0.29, 0.717) is 34.6 Å². The van der Waals surface area contributed by atoms with E-state index in [-0.39, 0.29) is 22.4 Å². The summed E-state index contributed by atoms with van der Waals surface area (Å²) in [6.07, 6.45) is 1.30. The van der Waals surface area contributed by atoms with Gasteiger partial charge in [0.05, 0.1) is 31.1 Å². The first kappa shape index (κ1) is 25.0. The van der Waals surface area contributed by atoms with Crippen molar-refractivity contribution in [2.75, 3.05) is 20.0 Å². The Morgan fingerprint density at radius 1 is 1.24 bits per heavy atom. The molecule has 3 aromatic rings. The van der Waals surface area contributed by atoms with E-state index in [2.05, 4.69) is 20.7 Å². The summed E-state index contributed by atoms with van der Waals surface area (Å²) < 4.78 is 12.5. The number of nitrogens with one attached hydrogen (secondary N) is 1. The van der Waals surface area contributed by atoms with Gasteiger partial charge in [0.25, 0.3) is 11.6 Å². The van der Waals surface area contributed by atoms with Crippen LogP contribution in [0.4, 0.5) is 5.69 Å². The number of hydrogen-bond donors (Lipinski definition) is 1. The predicted octanol–water partition coefficient (Wildman–Crippen LogP) is 3.79. The van der Waals surface area contributed by atoms with E-state index < -0.39 is 4.92 Å². The van der Waals surface area contributed by atoms with Crippen LogP contribution in [-0.2, 0) is 11.3 Å². The van der Waals surface area contributed by atoms with Crippen molar-refractivity contribution >= 4 is 41.2 Å². The number of methoxy groups -OCH3 is 2. The van der Waals surface area contributed by atoms with Crippen molar-refractivity contribution in [1.82, 2.24) is 20.2 Å². The van der Waals surface area contributed by atoms with Crippen molar-refractivity contribution in [3.63, 3.8) is 0 Å². The molecule has 0 bridgehead atoms. The fourth-order valence-corrected chi connectivity index (χ4v) is 3.94. The SMILES string of the molecule is CCn1c(SCC(=O)N/N=C\c2ccc(Cl)c([N+](=O)[O-])c2)nnc1-c1ccc(OC)c(OC)c1. The number of rotatable bonds is 10. The minimum Gasteiger partial charge on any atom is -0.493 e. The van der Waals surface area contributed by atoms with Crippen LogP contribution in [0.25, 0.3) is 11.4 Å². The van der Waals surface area contributed by atoms with Crippen molar-refractivity contribution in [3.8, 4) is 22.9 Å². The molecule has 0 atom stereocenters. The quantitative estimate of drug-likeness (QED) is 0.191. The zero-order valence-corrected chi connectivity index (χ0v) is 20.1. The van der Waals surface area contributed by atoms with Gasteiger partial charge in [0.1, 0.15) is 5.02 Å². The van der Waals surface area contributed by atoms with Gasteiger partial charge in [-0.05, 0) is 31.2 Å². The van der Waals surface area contributed by atoms with E-state index in [1.54, 1.807) is 26.4 Å². The van der Waals surface area contributed by atoms with Crippen molar-refractivity contribution < 1.29 is 19.2 Å². The van der Waals surface area contributed by atoms with Crippen LogP contribution in [0.15, 0.2) is 46.7 Å². The van der Waals surface area contributed by atoms with Gasteiger partial charge in [-0.1, -0.05) is 29.4 Å². The van der Waals surface area contributed by atoms with Gasteiger partial charge in [0.15, 0.2) is 22.5 Å². The molecular formula is C21H21ClN6O5S. The van der Waals surface area contributed by atoms with Crippen molar-refractivity contribution in [3.05, 3.63) is 57.1 Å². The van der Waals surface area contributed by atoms with E-state index in [1.807, 2.05) is 23.6 Å². The molecule has 178 valence electrons. The highest BCUT2D eigenvalue weighted by Crippen LogP contribution is 2.32. The van der Waals surface area contributed by atoms with Gasteiger partial charge in [0, 0.05) is 23.7 Å². The lowest BCUT2D eigenvalue weighted by Crippen LogP contribution is -2.20. The Bertz CT molecular complexity index is 1230. The molecular weight excluding hydrogens is 484 g/mol. The molecule has 0 aliphatic rings. The predicted molar refractivity (Wildman–Crippen MR) is 129 cm³/mol. The van der Waals surface area contributed by atoms with Crippen molar-refractivity contribution in [1.29, 1.82) is 0 Å². The van der Waals surface area contributed by atoms with Crippen LogP contribution in [0.2, 0.25) is 5.02 Å². The first-order chi connectivity index (χ1) is 16.4. The first-order valence-electron chi connectivity index (χ1n) is 9.92. The lowest BCUT2D eigenvalue weighted by molar-refractivity contribution is -0.384. The summed E-state index contributed by atoms with van der Waals surface area (Å²) in [4.78, 5) is 22.6. The molecule has 0 aliphatic carbocycles. The number of amides is 1. The molecule has 0 saturated heterocycles. The fraction of sp³-hybridized carbons (Fsp3) is 0.238. The molecule has 0 aliphatic heterocycles. The second-order valence-corrected chi connectivity index (χ2v) is 8.02. The Hall–Kier alpha value is -3.64. The number of hydrazone groups is 1. The van der Waals surface area contributed by atoms with Crippen LogP contribution in [0.3, 0.4) is 0 Å². The lowest BCUT2D eigenvalue weighted by atomic mass is 10.2. The molecule has 1 amide bonds. The van der Waals surface area contributed by atoms with Crippen molar-refractivity contribution in [2.24, 2.45) is 5.10 Å². The van der Waals surface area contributed by atoms with Crippen LogP contribution in [-0.4, -0.2) is 51.8 Å². The fourth-order valence-electron chi connectivity index (χ4n) is 2.96. The molecule has 0 fully saturated rings. The maximum Gasteiger partial charge on any atom is 0.288 e. The molecule has 3 rings (SSSR count). The molecule has 0 saturated carbocycles. The molecule has 1 heterocycles. The van der Waals surface area contributed by atoms with E-state index in [1.165, 1.54) is 30.1 Å². The Balaban J connectivity index is 1.64. The Kier molecular flexibility index (Phi) is 8.44. The maximum absolute atomic E-state index is 12.2. The molecule has 1 N–H and O–H groups in total. The number of nitro benzene ring substituents is 1. The number of ether oxygens (including phenoxy) is 2. The summed E-state index contributed by atoms with van der Waals surface area (Å²) >= 11 is 6.99. The van der Waals surface area contributed by atoms with Crippen LogP contribution in [0.1, 0.15) is 12.5 Å². The summed E-state index contributed by atoms with van der Waals surface area (Å²) in [7, 11) is 3.12. The standard InChI is InChI=1S/C21H21ClN6O5S/c1-4-27-20(14-6-8-17(32-2)18(10-14)33-3)25-26-21(27)34-12-19(29)24-23-11-13-5-7-15(22)16(9-13)28(30)31/h5-11H,4,12H2,1-3H3,(H,24,29)/b23-11-. The average molecular weight is 505 g/mol. The third-order valence-electron chi connectivity index (χ3n) is 4.58. The molecule has 2 aromatic carbocycles. The van der Waals surface area contributed by atoms with Gasteiger partial charge in [-0.3, -0.25) is 14.9 Å². The van der Waals surface area contributed by atoms with E-state index in [4.69, 9.17) is 21.1 Å². The third-order valence-corrected chi connectivity index (χ3v) is 5.86. The Morgan fingerprint density at radius 3 is 2.68 bits per heavy atom. The third kappa shape index (κ3) is 5.83. The molecule has 11 nitrogen and oxygen atoms in total. The van der Waals surface area contributed by atoms with Gasteiger partial charge in [-0.15, -0.1) is 10.2 Å². The van der Waals surface area contributed by atoms with E-state index in [0.717, 1.165) is 5.56 Å². The van der Waals surface area contributed by atoms with Gasteiger partial charge in [0.2, 0.25) is 0 Å². The molecule has 13 heteroatoms. The monoisotopic (exact) mass is 504 g/mol. The molecule has 1 aromatic heterocycles. The normalized spacial score (nSPS) is 10.9. The van der Waals surface area contributed by atoms with E-state index >= 15 is 0 Å². The topological polar surface area (TPSA) is 134 Å². The number of benzene rings is 2.